The average Bonchev–Trinajstić information content (AvgIpc) is 2.19. The number of nitrogens with zero attached hydrogens (tertiary/aromatic N) is 2. The monoisotopic (exact) mass is 193 g/mol. The summed E-state index contributed by atoms with van der Waals surface area (Å²) in [5.41, 5.74) is 6.18. The molecule has 0 saturated carbocycles. The number of rotatable bonds is 4. The topological polar surface area (TPSA) is 68.9 Å². The van der Waals surface area contributed by atoms with Gasteiger partial charge in [-0.15, -0.1) is 0 Å². The fourth-order valence-corrected chi connectivity index (χ4v) is 0.997. The summed E-state index contributed by atoms with van der Waals surface area (Å²) in [7, 11) is 0. The minimum absolute atomic E-state index is 0.0423. The molecule has 1 aromatic heterocycles. The van der Waals surface area contributed by atoms with Crippen molar-refractivity contribution < 1.29 is 4.79 Å². The second-order valence-corrected chi connectivity index (χ2v) is 3.63. The van der Waals surface area contributed by atoms with E-state index in [1.54, 1.807) is 6.20 Å². The Hall–Kier alpha value is -1.29. The molecule has 1 unspecified atom stereocenters. The van der Waals surface area contributed by atoms with Crippen molar-refractivity contribution in [2.24, 2.45) is 11.7 Å². The first-order valence-corrected chi connectivity index (χ1v) is 4.66. The number of hydrogen-bond acceptors (Lipinski definition) is 4. The van der Waals surface area contributed by atoms with Crippen LogP contribution in [-0.4, -0.2) is 21.8 Å². The molecule has 0 aromatic carbocycles. The number of carbonyl (C=O) groups is 1. The maximum absolute atomic E-state index is 11.6. The van der Waals surface area contributed by atoms with Crippen molar-refractivity contribution >= 4 is 5.78 Å². The van der Waals surface area contributed by atoms with Gasteiger partial charge in [0.2, 0.25) is 0 Å². The van der Waals surface area contributed by atoms with E-state index in [0.717, 1.165) is 0 Å². The van der Waals surface area contributed by atoms with Crippen molar-refractivity contribution in [3.8, 4) is 0 Å². The first kappa shape index (κ1) is 10.8. The van der Waals surface area contributed by atoms with Gasteiger partial charge in [-0.3, -0.25) is 9.78 Å². The number of aromatic nitrogens is 2. The van der Waals surface area contributed by atoms with Crippen LogP contribution < -0.4 is 5.73 Å². The van der Waals surface area contributed by atoms with Crippen LogP contribution in [0.1, 0.15) is 30.8 Å². The average molecular weight is 193 g/mol. The number of Topliss-reactive ketones (excluding diaryl/α,β-unsaturated/α-hetero) is 1. The first-order chi connectivity index (χ1) is 6.61. The van der Waals surface area contributed by atoms with E-state index in [1.807, 2.05) is 13.8 Å². The Morgan fingerprint density at radius 2 is 2.21 bits per heavy atom. The Kier molecular flexibility index (Phi) is 3.71. The van der Waals surface area contributed by atoms with Crippen LogP contribution in [0.3, 0.4) is 0 Å². The summed E-state index contributed by atoms with van der Waals surface area (Å²) in [4.78, 5) is 19.3. The van der Waals surface area contributed by atoms with Crippen LogP contribution in [0.5, 0.6) is 0 Å². The largest absolute Gasteiger partial charge is 0.327 e. The molecule has 1 aromatic rings. The zero-order valence-corrected chi connectivity index (χ0v) is 8.47. The van der Waals surface area contributed by atoms with Crippen LogP contribution >= 0.6 is 0 Å². The second kappa shape index (κ2) is 4.81. The van der Waals surface area contributed by atoms with E-state index in [9.17, 15) is 4.79 Å². The molecule has 0 aliphatic heterocycles. The van der Waals surface area contributed by atoms with Crippen molar-refractivity contribution in [2.45, 2.75) is 26.3 Å². The maximum atomic E-state index is 11.6. The third-order valence-electron chi connectivity index (χ3n) is 2.13. The molecule has 1 atom stereocenters. The molecule has 0 bridgehead atoms. The van der Waals surface area contributed by atoms with E-state index in [2.05, 4.69) is 9.97 Å². The van der Waals surface area contributed by atoms with Gasteiger partial charge in [0.15, 0.2) is 5.78 Å². The van der Waals surface area contributed by atoms with Gasteiger partial charge >= 0.3 is 0 Å². The van der Waals surface area contributed by atoms with E-state index in [4.69, 9.17) is 5.73 Å². The highest BCUT2D eigenvalue weighted by molar-refractivity contribution is 5.94. The SMILES string of the molecule is CC(C)C(N)CC(=O)c1cnccn1. The molecule has 1 rings (SSSR count). The lowest BCUT2D eigenvalue weighted by Gasteiger charge is -2.13. The van der Waals surface area contributed by atoms with E-state index in [-0.39, 0.29) is 11.8 Å². The third kappa shape index (κ3) is 2.88. The van der Waals surface area contributed by atoms with Gasteiger partial charge in [-0.05, 0) is 5.92 Å². The van der Waals surface area contributed by atoms with E-state index in [0.29, 0.717) is 18.0 Å². The van der Waals surface area contributed by atoms with Crippen molar-refractivity contribution in [2.75, 3.05) is 0 Å². The number of hydrogen-bond donors (Lipinski definition) is 1. The van der Waals surface area contributed by atoms with Crippen LogP contribution in [0.25, 0.3) is 0 Å². The van der Waals surface area contributed by atoms with Gasteiger partial charge in [0.1, 0.15) is 5.69 Å². The molecule has 1 heterocycles. The minimum Gasteiger partial charge on any atom is -0.327 e. The normalized spacial score (nSPS) is 12.9. The molecule has 2 N–H and O–H groups in total. The van der Waals surface area contributed by atoms with Crippen molar-refractivity contribution in [1.82, 2.24) is 9.97 Å². The molecule has 0 saturated heterocycles. The van der Waals surface area contributed by atoms with Crippen molar-refractivity contribution in [3.05, 3.63) is 24.3 Å². The Morgan fingerprint density at radius 1 is 1.50 bits per heavy atom. The highest BCUT2D eigenvalue weighted by Gasteiger charge is 2.15. The van der Waals surface area contributed by atoms with Crippen LogP contribution in [0, 0.1) is 5.92 Å². The Bertz CT molecular complexity index is 297. The lowest BCUT2D eigenvalue weighted by molar-refractivity contribution is 0.0962. The summed E-state index contributed by atoms with van der Waals surface area (Å²) in [5, 5.41) is 0. The van der Waals surface area contributed by atoms with Gasteiger partial charge in [-0.25, -0.2) is 4.98 Å². The lowest BCUT2D eigenvalue weighted by Crippen LogP contribution is -2.29. The predicted octanol–water partition coefficient (Wildman–Crippen LogP) is 1.03. The fourth-order valence-electron chi connectivity index (χ4n) is 0.997. The smallest absolute Gasteiger partial charge is 0.184 e. The number of carbonyl (C=O) groups excluding carboxylic acids is 1. The summed E-state index contributed by atoms with van der Waals surface area (Å²) in [5.74, 6) is 0.259. The molecule has 4 heteroatoms. The van der Waals surface area contributed by atoms with Gasteiger partial charge in [0.05, 0.1) is 6.20 Å². The number of ketones is 1. The summed E-state index contributed by atoms with van der Waals surface area (Å²) < 4.78 is 0. The van der Waals surface area contributed by atoms with Crippen LogP contribution in [0.15, 0.2) is 18.6 Å². The molecule has 0 amide bonds. The molecular formula is C10H15N3O. The van der Waals surface area contributed by atoms with E-state index < -0.39 is 0 Å². The van der Waals surface area contributed by atoms with Gasteiger partial charge in [0.25, 0.3) is 0 Å². The second-order valence-electron chi connectivity index (χ2n) is 3.63. The van der Waals surface area contributed by atoms with Crippen molar-refractivity contribution in [3.63, 3.8) is 0 Å². The van der Waals surface area contributed by atoms with E-state index >= 15 is 0 Å². The summed E-state index contributed by atoms with van der Waals surface area (Å²) in [6.07, 6.45) is 4.85. The molecule has 0 fully saturated rings. The molecule has 76 valence electrons. The third-order valence-corrected chi connectivity index (χ3v) is 2.13. The first-order valence-electron chi connectivity index (χ1n) is 4.66. The predicted molar refractivity (Wildman–Crippen MR) is 53.8 cm³/mol. The van der Waals surface area contributed by atoms with Gasteiger partial charge in [-0.2, -0.15) is 0 Å². The molecular weight excluding hydrogens is 178 g/mol. The summed E-state index contributed by atoms with van der Waals surface area (Å²) in [6.45, 7) is 3.99. The quantitative estimate of drug-likeness (QED) is 0.725. The van der Waals surface area contributed by atoms with Gasteiger partial charge in [0, 0.05) is 24.9 Å². The van der Waals surface area contributed by atoms with Gasteiger partial charge < -0.3 is 5.73 Å². The molecule has 14 heavy (non-hydrogen) atoms. The highest BCUT2D eigenvalue weighted by atomic mass is 16.1. The van der Waals surface area contributed by atoms with E-state index in [1.165, 1.54) is 12.4 Å². The molecule has 0 aliphatic rings. The molecule has 0 radical (unpaired) electrons. The highest BCUT2D eigenvalue weighted by Crippen LogP contribution is 2.06. The molecule has 0 spiro atoms. The Labute approximate surface area is 83.6 Å². The minimum atomic E-state index is -0.107. The number of nitrogens with two attached hydrogens (primary N) is 1. The summed E-state index contributed by atoms with van der Waals surface area (Å²) >= 11 is 0. The zero-order chi connectivity index (χ0) is 10.6. The summed E-state index contributed by atoms with van der Waals surface area (Å²) in [6, 6.07) is -0.107. The molecule has 0 aliphatic carbocycles. The van der Waals surface area contributed by atoms with Crippen LogP contribution in [-0.2, 0) is 0 Å². The zero-order valence-electron chi connectivity index (χ0n) is 8.47. The van der Waals surface area contributed by atoms with Crippen LogP contribution in [0.2, 0.25) is 0 Å². The Morgan fingerprint density at radius 3 is 2.71 bits per heavy atom. The van der Waals surface area contributed by atoms with Crippen molar-refractivity contribution in [1.29, 1.82) is 0 Å². The Balaban J connectivity index is 2.60. The standard InChI is InChI=1S/C10H15N3O/c1-7(2)8(11)5-10(14)9-6-12-3-4-13-9/h3-4,6-8H,5,11H2,1-2H3. The maximum Gasteiger partial charge on any atom is 0.184 e. The lowest BCUT2D eigenvalue weighted by atomic mass is 9.99. The van der Waals surface area contributed by atoms with Crippen LogP contribution in [0.4, 0.5) is 0 Å². The fraction of sp³-hybridized carbons (Fsp3) is 0.500. The van der Waals surface area contributed by atoms with Gasteiger partial charge in [-0.1, -0.05) is 13.8 Å². The molecule has 4 nitrogen and oxygen atoms in total.